The number of fused-ring (bicyclic) bond motifs is 1. The molecule has 2 amide bonds. The predicted molar refractivity (Wildman–Crippen MR) is 107 cm³/mol. The van der Waals surface area contributed by atoms with E-state index in [0.29, 0.717) is 46.4 Å². The maximum atomic E-state index is 12.8. The highest BCUT2D eigenvalue weighted by molar-refractivity contribution is 6.04. The lowest BCUT2D eigenvalue weighted by molar-refractivity contribution is -0.122. The van der Waals surface area contributed by atoms with E-state index in [1.54, 1.807) is 62.4 Å². The molecule has 0 bridgehead atoms. The average Bonchev–Trinajstić information content (AvgIpc) is 3.28. The number of hydrogen-bond acceptors (Lipinski definition) is 6. The van der Waals surface area contributed by atoms with E-state index in [0.717, 1.165) is 0 Å². The molecule has 2 aromatic carbocycles. The minimum Gasteiger partial charge on any atom is -0.497 e. The van der Waals surface area contributed by atoms with Gasteiger partial charge in [-0.05, 0) is 18.2 Å². The van der Waals surface area contributed by atoms with Crippen molar-refractivity contribution in [2.45, 2.75) is 13.3 Å². The molecule has 1 N–H and O–H groups in total. The van der Waals surface area contributed by atoms with Crippen molar-refractivity contribution in [1.82, 2.24) is 4.98 Å². The lowest BCUT2D eigenvalue weighted by Gasteiger charge is -2.17. The standard InChI is InChI=1S/C21H21N3O5/c1-12-22-18-9-15(4-5-19(18)29-12)24-11-13(6-20(24)25)21(26)23-14-7-16(27-2)10-17(8-14)28-3/h4-5,7-10,13H,6,11H2,1-3H3,(H,23,26)/t13-/m1/s1. The largest absolute Gasteiger partial charge is 0.497 e. The van der Waals surface area contributed by atoms with Crippen LogP contribution in [0.25, 0.3) is 11.1 Å². The summed E-state index contributed by atoms with van der Waals surface area (Å²) in [6, 6.07) is 10.5. The molecule has 4 rings (SSSR count). The van der Waals surface area contributed by atoms with Crippen LogP contribution in [0.1, 0.15) is 12.3 Å². The highest BCUT2D eigenvalue weighted by Crippen LogP contribution is 2.30. The number of anilines is 2. The topological polar surface area (TPSA) is 93.9 Å². The summed E-state index contributed by atoms with van der Waals surface area (Å²) >= 11 is 0. The normalized spacial score (nSPS) is 16.3. The van der Waals surface area contributed by atoms with Crippen molar-refractivity contribution < 1.29 is 23.5 Å². The smallest absolute Gasteiger partial charge is 0.229 e. The van der Waals surface area contributed by atoms with Gasteiger partial charge in [-0.3, -0.25) is 9.59 Å². The molecule has 1 saturated heterocycles. The summed E-state index contributed by atoms with van der Waals surface area (Å²) in [5.74, 6) is 0.910. The predicted octanol–water partition coefficient (Wildman–Crippen LogP) is 3.15. The number of amides is 2. The molecule has 2 heterocycles. The number of aryl methyl sites for hydroxylation is 1. The maximum absolute atomic E-state index is 12.8. The van der Waals surface area contributed by atoms with Gasteiger partial charge in [0.25, 0.3) is 0 Å². The maximum Gasteiger partial charge on any atom is 0.229 e. The summed E-state index contributed by atoms with van der Waals surface area (Å²) in [5.41, 5.74) is 2.61. The molecule has 8 nitrogen and oxygen atoms in total. The zero-order valence-electron chi connectivity index (χ0n) is 16.4. The Morgan fingerprint density at radius 1 is 1.17 bits per heavy atom. The fraction of sp³-hybridized carbons (Fsp3) is 0.286. The number of ether oxygens (including phenoxy) is 2. The van der Waals surface area contributed by atoms with Crippen molar-refractivity contribution >= 4 is 34.3 Å². The molecule has 150 valence electrons. The van der Waals surface area contributed by atoms with E-state index in [9.17, 15) is 9.59 Å². The van der Waals surface area contributed by atoms with Crippen molar-refractivity contribution in [1.29, 1.82) is 0 Å². The first-order chi connectivity index (χ1) is 14.0. The molecule has 1 aliphatic heterocycles. The van der Waals surface area contributed by atoms with Gasteiger partial charge >= 0.3 is 0 Å². The van der Waals surface area contributed by atoms with Crippen molar-refractivity contribution in [3.63, 3.8) is 0 Å². The third-order valence-electron chi connectivity index (χ3n) is 4.90. The highest BCUT2D eigenvalue weighted by Gasteiger charge is 2.35. The molecule has 8 heteroatoms. The first kappa shape index (κ1) is 18.8. The van der Waals surface area contributed by atoms with E-state index >= 15 is 0 Å². The Hall–Kier alpha value is -3.55. The number of benzene rings is 2. The number of carbonyl (C=O) groups excluding carboxylic acids is 2. The summed E-state index contributed by atoms with van der Waals surface area (Å²) in [6.07, 6.45) is 0.142. The second-order valence-corrected chi connectivity index (χ2v) is 6.88. The summed E-state index contributed by atoms with van der Waals surface area (Å²) in [7, 11) is 3.09. The van der Waals surface area contributed by atoms with Crippen molar-refractivity contribution in [2.75, 3.05) is 31.0 Å². The van der Waals surface area contributed by atoms with Gasteiger partial charge in [-0.1, -0.05) is 0 Å². The minimum atomic E-state index is -0.463. The molecule has 0 spiro atoms. The van der Waals surface area contributed by atoms with Gasteiger partial charge in [-0.2, -0.15) is 0 Å². The summed E-state index contributed by atoms with van der Waals surface area (Å²) < 4.78 is 15.9. The molecule has 1 fully saturated rings. The zero-order chi connectivity index (χ0) is 20.5. The molecule has 0 aliphatic carbocycles. The highest BCUT2D eigenvalue weighted by atomic mass is 16.5. The first-order valence-corrected chi connectivity index (χ1v) is 9.18. The van der Waals surface area contributed by atoms with Crippen LogP contribution in [0.2, 0.25) is 0 Å². The molecule has 1 atom stereocenters. The molecule has 1 aliphatic rings. The summed E-state index contributed by atoms with van der Waals surface area (Å²) in [4.78, 5) is 31.2. The number of nitrogens with zero attached hydrogens (tertiary/aromatic N) is 2. The van der Waals surface area contributed by atoms with Gasteiger partial charge in [-0.15, -0.1) is 0 Å². The van der Waals surface area contributed by atoms with Crippen LogP contribution in [-0.2, 0) is 9.59 Å². The second-order valence-electron chi connectivity index (χ2n) is 6.88. The molecular weight excluding hydrogens is 374 g/mol. The zero-order valence-corrected chi connectivity index (χ0v) is 16.4. The Morgan fingerprint density at radius 2 is 1.90 bits per heavy atom. The van der Waals surface area contributed by atoms with Crippen LogP contribution in [0.3, 0.4) is 0 Å². The third-order valence-corrected chi connectivity index (χ3v) is 4.90. The molecule has 1 aromatic heterocycles. The Morgan fingerprint density at radius 3 is 2.59 bits per heavy atom. The van der Waals surface area contributed by atoms with Crippen LogP contribution in [0.4, 0.5) is 11.4 Å². The number of nitrogens with one attached hydrogen (secondary N) is 1. The van der Waals surface area contributed by atoms with E-state index in [1.807, 2.05) is 0 Å². The van der Waals surface area contributed by atoms with Crippen LogP contribution in [0, 0.1) is 12.8 Å². The number of carbonyl (C=O) groups is 2. The van der Waals surface area contributed by atoms with Gasteiger partial charge < -0.3 is 24.1 Å². The molecule has 29 heavy (non-hydrogen) atoms. The van der Waals surface area contributed by atoms with E-state index < -0.39 is 5.92 Å². The third kappa shape index (κ3) is 3.73. The van der Waals surface area contributed by atoms with Crippen LogP contribution < -0.4 is 19.7 Å². The van der Waals surface area contributed by atoms with Gasteiger partial charge in [0.15, 0.2) is 11.5 Å². The van der Waals surface area contributed by atoms with Crippen LogP contribution in [0.5, 0.6) is 11.5 Å². The molecular formula is C21H21N3O5. The van der Waals surface area contributed by atoms with Gasteiger partial charge in [0.1, 0.15) is 17.0 Å². The average molecular weight is 395 g/mol. The quantitative estimate of drug-likeness (QED) is 0.713. The lowest BCUT2D eigenvalue weighted by atomic mass is 10.1. The van der Waals surface area contributed by atoms with Crippen molar-refractivity contribution in [3.05, 3.63) is 42.3 Å². The van der Waals surface area contributed by atoms with Crippen LogP contribution in [0.15, 0.2) is 40.8 Å². The molecule has 0 radical (unpaired) electrons. The summed E-state index contributed by atoms with van der Waals surface area (Å²) in [6.45, 7) is 2.07. The number of rotatable bonds is 5. The number of hydrogen-bond donors (Lipinski definition) is 1. The van der Waals surface area contributed by atoms with Gasteiger partial charge in [0.05, 0.1) is 20.1 Å². The van der Waals surface area contributed by atoms with Crippen LogP contribution >= 0.6 is 0 Å². The van der Waals surface area contributed by atoms with Crippen molar-refractivity contribution in [3.8, 4) is 11.5 Å². The minimum absolute atomic E-state index is 0.104. The van der Waals surface area contributed by atoms with E-state index in [1.165, 1.54) is 0 Å². The SMILES string of the molecule is COc1cc(NC(=O)[C@@H]2CC(=O)N(c3ccc4oc(C)nc4c3)C2)cc(OC)c1. The number of aromatic nitrogens is 1. The van der Waals surface area contributed by atoms with Gasteiger partial charge in [0.2, 0.25) is 11.8 Å². The number of methoxy groups -OCH3 is 2. The lowest BCUT2D eigenvalue weighted by Crippen LogP contribution is -2.28. The molecule has 3 aromatic rings. The molecule has 0 unspecified atom stereocenters. The van der Waals surface area contributed by atoms with E-state index in [-0.39, 0.29) is 18.2 Å². The van der Waals surface area contributed by atoms with E-state index in [4.69, 9.17) is 13.9 Å². The Labute approximate surface area is 167 Å². The van der Waals surface area contributed by atoms with E-state index in [2.05, 4.69) is 10.3 Å². The fourth-order valence-electron chi connectivity index (χ4n) is 3.46. The Balaban J connectivity index is 1.50. The van der Waals surface area contributed by atoms with Crippen LogP contribution in [-0.4, -0.2) is 37.6 Å². The van der Waals surface area contributed by atoms with Gasteiger partial charge in [-0.25, -0.2) is 4.98 Å². The van der Waals surface area contributed by atoms with Crippen molar-refractivity contribution in [2.24, 2.45) is 5.92 Å². The second kappa shape index (κ2) is 7.46. The summed E-state index contributed by atoms with van der Waals surface area (Å²) in [5, 5.41) is 2.85. The monoisotopic (exact) mass is 395 g/mol. The Kier molecular flexibility index (Phi) is 4.84. The first-order valence-electron chi connectivity index (χ1n) is 9.18. The fourth-order valence-corrected chi connectivity index (χ4v) is 3.46. The number of oxazole rings is 1. The van der Waals surface area contributed by atoms with Gasteiger partial charge in [0, 0.05) is 49.5 Å². The molecule has 0 saturated carbocycles. The Bertz CT molecular complexity index is 1070.